The molecule has 1 aromatic rings. The first-order valence-corrected chi connectivity index (χ1v) is 9.29. The summed E-state index contributed by atoms with van der Waals surface area (Å²) in [5.74, 6) is 0.649. The van der Waals surface area contributed by atoms with E-state index < -0.39 is 10.9 Å². The number of amides is 2. The average Bonchev–Trinajstić information content (AvgIpc) is 2.60. The molecule has 2 rings (SSSR count). The fourth-order valence-electron chi connectivity index (χ4n) is 2.85. The predicted octanol–water partition coefficient (Wildman–Crippen LogP) is 3.05. The Morgan fingerprint density at radius 3 is 2.00 bits per heavy atom. The lowest BCUT2D eigenvalue weighted by atomic mass is 10.0. The number of hydrogen-bond donors (Lipinski definition) is 0. The number of rotatable bonds is 5. The molecule has 0 aromatic heterocycles. The van der Waals surface area contributed by atoms with Gasteiger partial charge in [-0.2, -0.15) is 0 Å². The third kappa shape index (κ3) is 5.02. The summed E-state index contributed by atoms with van der Waals surface area (Å²) in [6, 6.07) is 7.76. The van der Waals surface area contributed by atoms with E-state index in [1.54, 1.807) is 16.7 Å². The van der Waals surface area contributed by atoms with Gasteiger partial charge in [0.2, 0.25) is 0 Å². The molecule has 0 radical (unpaired) electrons. The van der Waals surface area contributed by atoms with Gasteiger partial charge in [-0.05, 0) is 24.5 Å². The lowest BCUT2D eigenvalue weighted by molar-refractivity contribution is -0.143. The summed E-state index contributed by atoms with van der Waals surface area (Å²) >= 11 is 11.2. The molecule has 1 unspecified atom stereocenters. The summed E-state index contributed by atoms with van der Waals surface area (Å²) in [6.07, 6.45) is -0.587. The number of benzene rings is 1. The van der Waals surface area contributed by atoms with Crippen molar-refractivity contribution in [3.8, 4) is 5.75 Å². The summed E-state index contributed by atoms with van der Waals surface area (Å²) in [5, 5.41) is 0. The van der Waals surface area contributed by atoms with Crippen LogP contribution in [0.25, 0.3) is 0 Å². The maximum atomic E-state index is 12.6. The first-order chi connectivity index (χ1) is 11.8. The van der Waals surface area contributed by atoms with Gasteiger partial charge in [0.1, 0.15) is 5.75 Å². The van der Waals surface area contributed by atoms with Crippen LogP contribution in [-0.2, 0) is 9.59 Å². The number of ether oxygens (including phenoxy) is 1. The molecule has 0 spiro atoms. The molecule has 1 aliphatic heterocycles. The number of piperazine rings is 1. The Kier molecular flexibility index (Phi) is 6.96. The number of hydrogen-bond acceptors (Lipinski definition) is 3. The number of carbonyl (C=O) groups is 2. The highest BCUT2D eigenvalue weighted by Gasteiger charge is 2.29. The summed E-state index contributed by atoms with van der Waals surface area (Å²) in [7, 11) is 0. The number of nitrogens with zero attached hydrogens (tertiary/aromatic N) is 2. The molecule has 0 aliphatic carbocycles. The fraction of sp³-hybridized carbons (Fsp3) is 0.556. The van der Waals surface area contributed by atoms with E-state index >= 15 is 0 Å². The second-order valence-electron chi connectivity index (χ2n) is 6.40. The topological polar surface area (TPSA) is 49.9 Å². The first-order valence-electron chi connectivity index (χ1n) is 8.42. The van der Waals surface area contributed by atoms with Crippen LogP contribution < -0.4 is 4.74 Å². The SMILES string of the molecule is CC(Oc1ccccc1C(C)C)C(=O)N1CCN(C(=O)C(Cl)Cl)CC1. The van der Waals surface area contributed by atoms with Crippen molar-refractivity contribution in [1.29, 1.82) is 0 Å². The zero-order valence-corrected chi connectivity index (χ0v) is 16.3. The largest absolute Gasteiger partial charge is 0.481 e. The van der Waals surface area contributed by atoms with Crippen molar-refractivity contribution < 1.29 is 14.3 Å². The summed E-state index contributed by atoms with van der Waals surface area (Å²) < 4.78 is 5.92. The molecule has 0 bridgehead atoms. The highest BCUT2D eigenvalue weighted by atomic mass is 35.5. The molecule has 0 saturated carbocycles. The molecule has 1 saturated heterocycles. The molecule has 0 N–H and O–H groups in total. The third-order valence-corrected chi connectivity index (χ3v) is 4.66. The molecular formula is C18H24Cl2N2O3. The maximum absolute atomic E-state index is 12.6. The van der Waals surface area contributed by atoms with E-state index in [2.05, 4.69) is 13.8 Å². The lowest BCUT2D eigenvalue weighted by Gasteiger charge is -2.36. The van der Waals surface area contributed by atoms with Crippen molar-refractivity contribution in [3.05, 3.63) is 29.8 Å². The molecule has 2 amide bonds. The Morgan fingerprint density at radius 1 is 0.960 bits per heavy atom. The smallest absolute Gasteiger partial charge is 0.263 e. The van der Waals surface area contributed by atoms with Crippen molar-refractivity contribution in [2.75, 3.05) is 26.2 Å². The molecule has 25 heavy (non-hydrogen) atoms. The molecule has 138 valence electrons. The molecule has 1 heterocycles. The van der Waals surface area contributed by atoms with E-state index in [1.807, 2.05) is 24.3 Å². The van der Waals surface area contributed by atoms with Crippen LogP contribution in [0, 0.1) is 0 Å². The van der Waals surface area contributed by atoms with Crippen molar-refractivity contribution >= 4 is 35.0 Å². The minimum Gasteiger partial charge on any atom is -0.481 e. The van der Waals surface area contributed by atoms with Crippen LogP contribution in [-0.4, -0.2) is 58.7 Å². The van der Waals surface area contributed by atoms with Gasteiger partial charge in [-0.1, -0.05) is 55.2 Å². The van der Waals surface area contributed by atoms with Crippen LogP contribution in [0.4, 0.5) is 0 Å². The molecule has 7 heteroatoms. The van der Waals surface area contributed by atoms with E-state index in [-0.39, 0.29) is 11.8 Å². The highest BCUT2D eigenvalue weighted by molar-refractivity contribution is 6.53. The molecule has 1 aliphatic rings. The summed E-state index contributed by atoms with van der Waals surface area (Å²) in [4.78, 5) is 26.7. The van der Waals surface area contributed by atoms with Gasteiger partial charge < -0.3 is 14.5 Å². The Labute approximate surface area is 158 Å². The van der Waals surface area contributed by atoms with E-state index in [1.165, 1.54) is 0 Å². The Bertz CT molecular complexity index is 614. The lowest BCUT2D eigenvalue weighted by Crippen LogP contribution is -2.54. The summed E-state index contributed by atoms with van der Waals surface area (Å²) in [6.45, 7) is 7.68. The van der Waals surface area contributed by atoms with Crippen LogP contribution in [0.15, 0.2) is 24.3 Å². The molecule has 1 atom stereocenters. The van der Waals surface area contributed by atoms with E-state index in [0.717, 1.165) is 11.3 Å². The van der Waals surface area contributed by atoms with Gasteiger partial charge in [0.15, 0.2) is 10.9 Å². The van der Waals surface area contributed by atoms with Crippen LogP contribution >= 0.6 is 23.2 Å². The molecule has 5 nitrogen and oxygen atoms in total. The predicted molar refractivity (Wildman–Crippen MR) is 99.3 cm³/mol. The number of alkyl halides is 2. The Balaban J connectivity index is 1.95. The normalized spacial score (nSPS) is 16.3. The van der Waals surface area contributed by atoms with Crippen LogP contribution in [0.1, 0.15) is 32.3 Å². The second kappa shape index (κ2) is 8.77. The highest BCUT2D eigenvalue weighted by Crippen LogP contribution is 2.27. The van der Waals surface area contributed by atoms with Crippen molar-refractivity contribution in [3.63, 3.8) is 0 Å². The van der Waals surface area contributed by atoms with E-state index in [4.69, 9.17) is 27.9 Å². The molecule has 1 aromatic carbocycles. The van der Waals surface area contributed by atoms with Crippen molar-refractivity contribution in [2.45, 2.75) is 37.6 Å². The van der Waals surface area contributed by atoms with E-state index in [0.29, 0.717) is 32.1 Å². The monoisotopic (exact) mass is 386 g/mol. The Morgan fingerprint density at radius 2 is 1.48 bits per heavy atom. The van der Waals surface area contributed by atoms with Gasteiger partial charge in [0.25, 0.3) is 11.8 Å². The minimum atomic E-state index is -1.06. The van der Waals surface area contributed by atoms with Gasteiger partial charge in [-0.15, -0.1) is 0 Å². The van der Waals surface area contributed by atoms with Crippen molar-refractivity contribution in [1.82, 2.24) is 9.80 Å². The quantitative estimate of drug-likeness (QED) is 0.730. The van der Waals surface area contributed by atoms with Gasteiger partial charge >= 0.3 is 0 Å². The summed E-state index contributed by atoms with van der Waals surface area (Å²) in [5.41, 5.74) is 1.08. The zero-order chi connectivity index (χ0) is 18.6. The second-order valence-corrected chi connectivity index (χ2v) is 7.50. The number of halogens is 2. The van der Waals surface area contributed by atoms with Crippen LogP contribution in [0.5, 0.6) is 5.75 Å². The number of para-hydroxylation sites is 1. The van der Waals surface area contributed by atoms with E-state index in [9.17, 15) is 9.59 Å². The maximum Gasteiger partial charge on any atom is 0.263 e. The van der Waals surface area contributed by atoms with Crippen molar-refractivity contribution in [2.24, 2.45) is 0 Å². The van der Waals surface area contributed by atoms with Gasteiger partial charge in [-0.3, -0.25) is 9.59 Å². The van der Waals surface area contributed by atoms with Gasteiger partial charge in [0.05, 0.1) is 0 Å². The number of carbonyl (C=O) groups excluding carboxylic acids is 2. The Hall–Kier alpha value is -1.46. The third-order valence-electron chi connectivity index (χ3n) is 4.28. The van der Waals surface area contributed by atoms with Crippen LogP contribution in [0.2, 0.25) is 0 Å². The average molecular weight is 387 g/mol. The van der Waals surface area contributed by atoms with Gasteiger partial charge in [-0.25, -0.2) is 0 Å². The van der Waals surface area contributed by atoms with Crippen LogP contribution in [0.3, 0.4) is 0 Å². The minimum absolute atomic E-state index is 0.0843. The van der Waals surface area contributed by atoms with Gasteiger partial charge in [0, 0.05) is 26.2 Å². The zero-order valence-electron chi connectivity index (χ0n) is 14.7. The fourth-order valence-corrected chi connectivity index (χ4v) is 3.12. The first kappa shape index (κ1) is 19.9. The standard InChI is InChI=1S/C18H24Cl2N2O3/c1-12(2)14-6-4-5-7-15(14)25-13(3)17(23)21-8-10-22(11-9-21)18(24)16(19)20/h4-7,12-13,16H,8-11H2,1-3H3. The molecular weight excluding hydrogens is 363 g/mol. The molecule has 1 fully saturated rings.